The van der Waals surface area contributed by atoms with Gasteiger partial charge in [-0.3, -0.25) is 4.79 Å². The Balaban J connectivity index is 2.62. The van der Waals surface area contributed by atoms with Crippen LogP contribution in [-0.4, -0.2) is 17.6 Å². The fraction of sp³-hybridized carbons (Fsp3) is 0.417. The quantitative estimate of drug-likeness (QED) is 0.698. The molecule has 1 rings (SSSR count). The highest BCUT2D eigenvalue weighted by atomic mass is 16.3. The van der Waals surface area contributed by atoms with Gasteiger partial charge in [0.15, 0.2) is 0 Å². The summed E-state index contributed by atoms with van der Waals surface area (Å²) in [5.41, 5.74) is 6.83. The van der Waals surface area contributed by atoms with Gasteiger partial charge in [-0.25, -0.2) is 0 Å². The van der Waals surface area contributed by atoms with E-state index in [0.29, 0.717) is 18.7 Å². The second-order valence-electron chi connectivity index (χ2n) is 3.91. The molecule has 0 radical (unpaired) electrons. The molecule has 0 saturated carbocycles. The van der Waals surface area contributed by atoms with Crippen molar-refractivity contribution >= 4 is 11.6 Å². The van der Waals surface area contributed by atoms with Crippen molar-refractivity contribution in [3.8, 4) is 0 Å². The van der Waals surface area contributed by atoms with E-state index < -0.39 is 0 Å². The van der Waals surface area contributed by atoms with Gasteiger partial charge in [-0.2, -0.15) is 0 Å². The van der Waals surface area contributed by atoms with Crippen molar-refractivity contribution < 1.29 is 9.90 Å². The third kappa shape index (κ3) is 3.64. The molecule has 0 spiro atoms. The van der Waals surface area contributed by atoms with Crippen molar-refractivity contribution in [2.45, 2.75) is 20.0 Å². The smallest absolute Gasteiger partial charge is 0.224 e. The molecule has 16 heavy (non-hydrogen) atoms. The molecule has 1 unspecified atom stereocenters. The van der Waals surface area contributed by atoms with Gasteiger partial charge in [0.1, 0.15) is 0 Å². The van der Waals surface area contributed by atoms with E-state index in [2.05, 4.69) is 5.32 Å². The first-order valence-electron chi connectivity index (χ1n) is 5.36. The van der Waals surface area contributed by atoms with Crippen LogP contribution in [0.3, 0.4) is 0 Å². The van der Waals surface area contributed by atoms with Crippen LogP contribution in [0.4, 0.5) is 5.69 Å². The number of para-hydroxylation sites is 1. The van der Waals surface area contributed by atoms with Gasteiger partial charge in [-0.05, 0) is 18.5 Å². The summed E-state index contributed by atoms with van der Waals surface area (Å²) in [6.45, 7) is 2.34. The Morgan fingerprint density at radius 2 is 2.19 bits per heavy atom. The average Bonchev–Trinajstić information content (AvgIpc) is 2.29. The highest BCUT2D eigenvalue weighted by molar-refractivity contribution is 5.91. The number of amides is 1. The molecular formula is C12H18N2O2. The molecule has 0 aliphatic heterocycles. The van der Waals surface area contributed by atoms with Crippen LogP contribution in [0.5, 0.6) is 0 Å². The van der Waals surface area contributed by atoms with E-state index in [0.717, 1.165) is 5.56 Å². The normalized spacial score (nSPS) is 12.2. The first-order chi connectivity index (χ1) is 7.67. The molecule has 4 nitrogen and oxygen atoms in total. The number of rotatable bonds is 5. The molecule has 1 aromatic rings. The summed E-state index contributed by atoms with van der Waals surface area (Å²) in [7, 11) is 0. The monoisotopic (exact) mass is 222 g/mol. The number of nitrogens with one attached hydrogen (secondary N) is 1. The van der Waals surface area contributed by atoms with Gasteiger partial charge in [0.05, 0.1) is 6.61 Å². The van der Waals surface area contributed by atoms with E-state index >= 15 is 0 Å². The molecule has 88 valence electrons. The molecule has 0 aromatic heterocycles. The molecular weight excluding hydrogens is 204 g/mol. The Kier molecular flexibility index (Phi) is 4.95. The summed E-state index contributed by atoms with van der Waals surface area (Å²) in [4.78, 5) is 11.6. The number of hydrogen-bond acceptors (Lipinski definition) is 3. The Hall–Kier alpha value is -1.39. The standard InChI is InChI=1S/C12H18N2O2/c1-9(7-13)6-12(16)14-11-5-3-2-4-10(11)8-15/h2-5,9,15H,6-8,13H2,1H3,(H,14,16). The summed E-state index contributed by atoms with van der Waals surface area (Å²) in [6.07, 6.45) is 0.399. The SMILES string of the molecule is CC(CN)CC(=O)Nc1ccccc1CO. The van der Waals surface area contributed by atoms with E-state index in [1.54, 1.807) is 12.1 Å². The van der Waals surface area contributed by atoms with E-state index in [-0.39, 0.29) is 18.4 Å². The molecule has 0 aliphatic carbocycles. The fourth-order valence-electron chi connectivity index (χ4n) is 1.38. The van der Waals surface area contributed by atoms with Gasteiger partial charge in [-0.1, -0.05) is 25.1 Å². The van der Waals surface area contributed by atoms with Gasteiger partial charge in [-0.15, -0.1) is 0 Å². The largest absolute Gasteiger partial charge is 0.392 e. The molecule has 0 fully saturated rings. The maximum atomic E-state index is 11.6. The summed E-state index contributed by atoms with van der Waals surface area (Å²) < 4.78 is 0. The Morgan fingerprint density at radius 3 is 2.81 bits per heavy atom. The third-order valence-corrected chi connectivity index (χ3v) is 2.40. The molecule has 4 heteroatoms. The molecule has 0 saturated heterocycles. The van der Waals surface area contributed by atoms with Crippen molar-refractivity contribution in [3.63, 3.8) is 0 Å². The molecule has 0 aliphatic rings. The second-order valence-corrected chi connectivity index (χ2v) is 3.91. The van der Waals surface area contributed by atoms with E-state index in [9.17, 15) is 4.79 Å². The minimum atomic E-state index is -0.0805. The number of aliphatic hydroxyl groups is 1. The van der Waals surface area contributed by atoms with Crippen molar-refractivity contribution in [2.75, 3.05) is 11.9 Å². The van der Waals surface area contributed by atoms with Gasteiger partial charge >= 0.3 is 0 Å². The minimum absolute atomic E-state index is 0.0705. The molecule has 1 aromatic carbocycles. The third-order valence-electron chi connectivity index (χ3n) is 2.40. The fourth-order valence-corrected chi connectivity index (χ4v) is 1.38. The summed E-state index contributed by atoms with van der Waals surface area (Å²) in [5, 5.41) is 11.9. The van der Waals surface area contributed by atoms with Gasteiger partial charge in [0.25, 0.3) is 0 Å². The van der Waals surface area contributed by atoms with E-state index in [1.165, 1.54) is 0 Å². The van der Waals surface area contributed by atoms with Crippen molar-refractivity contribution in [1.82, 2.24) is 0 Å². The second kappa shape index (κ2) is 6.25. The summed E-state index contributed by atoms with van der Waals surface area (Å²) >= 11 is 0. The van der Waals surface area contributed by atoms with Gasteiger partial charge < -0.3 is 16.2 Å². The van der Waals surface area contributed by atoms with Crippen molar-refractivity contribution in [2.24, 2.45) is 11.7 Å². The lowest BCUT2D eigenvalue weighted by Gasteiger charge is -2.11. The lowest BCUT2D eigenvalue weighted by Crippen LogP contribution is -2.20. The zero-order valence-corrected chi connectivity index (χ0v) is 9.44. The molecule has 1 atom stereocenters. The maximum Gasteiger partial charge on any atom is 0.224 e. The average molecular weight is 222 g/mol. The van der Waals surface area contributed by atoms with Crippen molar-refractivity contribution in [3.05, 3.63) is 29.8 Å². The van der Waals surface area contributed by atoms with E-state index in [4.69, 9.17) is 10.8 Å². The zero-order valence-electron chi connectivity index (χ0n) is 9.44. The molecule has 1 amide bonds. The molecule has 0 heterocycles. The number of hydrogen-bond donors (Lipinski definition) is 3. The van der Waals surface area contributed by atoms with Crippen LogP contribution in [0.15, 0.2) is 24.3 Å². The van der Waals surface area contributed by atoms with Crippen LogP contribution in [0.25, 0.3) is 0 Å². The summed E-state index contributed by atoms with van der Waals surface area (Å²) in [6, 6.07) is 7.20. The molecule has 4 N–H and O–H groups in total. The number of nitrogens with two attached hydrogens (primary N) is 1. The van der Waals surface area contributed by atoms with E-state index in [1.807, 2.05) is 19.1 Å². The Morgan fingerprint density at radius 1 is 1.50 bits per heavy atom. The van der Waals surface area contributed by atoms with Gasteiger partial charge in [0, 0.05) is 17.7 Å². The number of carbonyl (C=O) groups excluding carboxylic acids is 1. The lowest BCUT2D eigenvalue weighted by molar-refractivity contribution is -0.116. The van der Waals surface area contributed by atoms with Crippen LogP contribution in [0.2, 0.25) is 0 Å². The zero-order chi connectivity index (χ0) is 12.0. The predicted molar refractivity (Wildman–Crippen MR) is 63.8 cm³/mol. The highest BCUT2D eigenvalue weighted by Gasteiger charge is 2.09. The Labute approximate surface area is 95.5 Å². The van der Waals surface area contributed by atoms with Crippen molar-refractivity contribution in [1.29, 1.82) is 0 Å². The summed E-state index contributed by atoms with van der Waals surface area (Å²) in [5.74, 6) is 0.0974. The first-order valence-corrected chi connectivity index (χ1v) is 5.36. The number of benzene rings is 1. The van der Waals surface area contributed by atoms with Gasteiger partial charge in [0.2, 0.25) is 5.91 Å². The maximum absolute atomic E-state index is 11.6. The Bertz CT molecular complexity index is 353. The number of anilines is 1. The minimum Gasteiger partial charge on any atom is -0.392 e. The number of carbonyl (C=O) groups is 1. The van der Waals surface area contributed by atoms with Crippen LogP contribution in [-0.2, 0) is 11.4 Å². The van der Waals surface area contributed by atoms with Crippen LogP contribution in [0.1, 0.15) is 18.9 Å². The topological polar surface area (TPSA) is 75.4 Å². The van der Waals surface area contributed by atoms with Crippen LogP contribution in [0, 0.1) is 5.92 Å². The highest BCUT2D eigenvalue weighted by Crippen LogP contribution is 2.15. The first kappa shape index (κ1) is 12.7. The number of aliphatic hydroxyl groups excluding tert-OH is 1. The van der Waals surface area contributed by atoms with Crippen LogP contribution < -0.4 is 11.1 Å². The van der Waals surface area contributed by atoms with Crippen LogP contribution >= 0.6 is 0 Å². The predicted octanol–water partition coefficient (Wildman–Crippen LogP) is 1.10. The lowest BCUT2D eigenvalue weighted by atomic mass is 10.1. The molecule has 0 bridgehead atoms.